The number of nitrogens with zero attached hydrogens (tertiary/aromatic N) is 4. The predicted octanol–water partition coefficient (Wildman–Crippen LogP) is 3.32. The van der Waals surface area contributed by atoms with Gasteiger partial charge in [0.15, 0.2) is 0 Å². The Morgan fingerprint density at radius 1 is 1.23 bits per heavy atom. The Morgan fingerprint density at radius 3 is 2.65 bits per heavy atom. The number of aromatic nitrogens is 3. The molecule has 7 nitrogen and oxygen atoms in total. The van der Waals surface area contributed by atoms with Crippen molar-refractivity contribution < 1.29 is 9.53 Å². The highest BCUT2D eigenvalue weighted by atomic mass is 16.5. The van der Waals surface area contributed by atoms with E-state index in [-0.39, 0.29) is 0 Å². The van der Waals surface area contributed by atoms with E-state index < -0.39 is 5.97 Å². The molecular weight excluding hydrogens is 390 g/mol. The summed E-state index contributed by atoms with van der Waals surface area (Å²) in [6.45, 7) is 5.96. The molecule has 0 aliphatic carbocycles. The fourth-order valence-corrected chi connectivity index (χ4v) is 4.34. The van der Waals surface area contributed by atoms with Crippen LogP contribution in [0, 0.1) is 5.92 Å². The second kappa shape index (κ2) is 9.47. The van der Waals surface area contributed by atoms with Gasteiger partial charge in [0.25, 0.3) is 0 Å². The summed E-state index contributed by atoms with van der Waals surface area (Å²) in [6, 6.07) is 6.78. The molecule has 0 spiro atoms. The van der Waals surface area contributed by atoms with Gasteiger partial charge in [-0.1, -0.05) is 13.0 Å². The van der Waals surface area contributed by atoms with Crippen molar-refractivity contribution in [3.05, 3.63) is 53.5 Å². The number of esters is 1. The van der Waals surface area contributed by atoms with Gasteiger partial charge in [0, 0.05) is 56.2 Å². The molecule has 3 heterocycles. The van der Waals surface area contributed by atoms with Crippen molar-refractivity contribution in [2.45, 2.75) is 32.7 Å². The molecule has 0 amide bonds. The molecule has 1 aliphatic heterocycles. The first-order chi connectivity index (χ1) is 15.1. The van der Waals surface area contributed by atoms with Crippen molar-refractivity contribution in [1.82, 2.24) is 19.9 Å². The summed E-state index contributed by atoms with van der Waals surface area (Å²) in [4.78, 5) is 22.4. The number of ether oxygens (including phenoxy) is 1. The van der Waals surface area contributed by atoms with Gasteiger partial charge in [-0.05, 0) is 55.0 Å². The number of anilines is 1. The molecule has 1 N–H and O–H groups in total. The van der Waals surface area contributed by atoms with Gasteiger partial charge in [-0.15, -0.1) is 0 Å². The van der Waals surface area contributed by atoms with Crippen molar-refractivity contribution in [2.75, 3.05) is 31.6 Å². The number of hydrogen-bond acceptors (Lipinski definition) is 6. The van der Waals surface area contributed by atoms with Crippen molar-refractivity contribution >= 4 is 22.8 Å². The molecule has 4 rings (SSSR count). The van der Waals surface area contributed by atoms with Crippen molar-refractivity contribution in [1.29, 1.82) is 0 Å². The fraction of sp³-hybridized carbons (Fsp3) is 0.458. The zero-order chi connectivity index (χ0) is 21.8. The van der Waals surface area contributed by atoms with Crippen LogP contribution in [0.15, 0.2) is 36.8 Å². The minimum absolute atomic E-state index is 0.379. The lowest BCUT2D eigenvalue weighted by molar-refractivity contribution is 0.0600. The van der Waals surface area contributed by atoms with Crippen LogP contribution in [0.2, 0.25) is 0 Å². The van der Waals surface area contributed by atoms with Crippen LogP contribution in [0.25, 0.3) is 10.9 Å². The van der Waals surface area contributed by atoms with Crippen molar-refractivity contribution in [3.8, 4) is 0 Å². The number of fused-ring (bicyclic) bond motifs is 1. The highest BCUT2D eigenvalue weighted by Crippen LogP contribution is 2.23. The van der Waals surface area contributed by atoms with Crippen LogP contribution in [0.3, 0.4) is 0 Å². The number of rotatable bonds is 7. The molecule has 1 aromatic carbocycles. The lowest BCUT2D eigenvalue weighted by atomic mass is 9.97. The number of hydrogen-bond donors (Lipinski definition) is 1. The molecular formula is C24H31N5O2. The highest BCUT2D eigenvalue weighted by molar-refractivity contribution is 5.88. The highest BCUT2D eigenvalue weighted by Gasteiger charge is 2.21. The van der Waals surface area contributed by atoms with E-state index in [1.165, 1.54) is 41.5 Å². The molecule has 31 heavy (non-hydrogen) atoms. The van der Waals surface area contributed by atoms with E-state index in [1.54, 1.807) is 0 Å². The Labute approximate surface area is 183 Å². The van der Waals surface area contributed by atoms with Crippen LogP contribution < -0.4 is 10.2 Å². The summed E-state index contributed by atoms with van der Waals surface area (Å²) in [7, 11) is 3.48. The Kier molecular flexibility index (Phi) is 6.51. The molecule has 0 bridgehead atoms. The average Bonchev–Trinajstić information content (AvgIpc) is 3.13. The van der Waals surface area contributed by atoms with E-state index in [9.17, 15) is 4.79 Å². The molecule has 0 radical (unpaired) electrons. The van der Waals surface area contributed by atoms with Gasteiger partial charge >= 0.3 is 5.97 Å². The van der Waals surface area contributed by atoms with Crippen LogP contribution in [0.1, 0.15) is 41.3 Å². The van der Waals surface area contributed by atoms with Gasteiger partial charge in [-0.3, -0.25) is 0 Å². The number of piperidine rings is 1. The number of carbonyl (C=O) groups excluding carboxylic acids is 1. The van der Waals surface area contributed by atoms with E-state index in [4.69, 9.17) is 4.74 Å². The first kappa shape index (κ1) is 21.3. The Morgan fingerprint density at radius 2 is 1.97 bits per heavy atom. The number of nitrogens with one attached hydrogen (secondary N) is 1. The molecule has 0 atom stereocenters. The van der Waals surface area contributed by atoms with Gasteiger partial charge in [-0.25, -0.2) is 14.8 Å². The maximum absolute atomic E-state index is 11.5. The number of benzene rings is 1. The first-order valence-corrected chi connectivity index (χ1v) is 11.0. The van der Waals surface area contributed by atoms with Gasteiger partial charge in [-0.2, -0.15) is 0 Å². The van der Waals surface area contributed by atoms with Crippen molar-refractivity contribution in [2.24, 2.45) is 13.0 Å². The monoisotopic (exact) mass is 421 g/mol. The van der Waals surface area contributed by atoms with Gasteiger partial charge in [0.05, 0.1) is 12.7 Å². The first-order valence-electron chi connectivity index (χ1n) is 11.0. The Balaban J connectivity index is 1.28. The molecule has 3 aromatic rings. The lowest BCUT2D eigenvalue weighted by Crippen LogP contribution is -2.38. The van der Waals surface area contributed by atoms with Crippen LogP contribution in [-0.2, 0) is 24.8 Å². The van der Waals surface area contributed by atoms with Crippen molar-refractivity contribution in [3.63, 3.8) is 0 Å². The summed E-state index contributed by atoms with van der Waals surface area (Å²) in [6.07, 6.45) is 8.58. The third-order valence-electron chi connectivity index (χ3n) is 6.25. The van der Waals surface area contributed by atoms with E-state index in [0.29, 0.717) is 17.4 Å². The van der Waals surface area contributed by atoms with Crippen LogP contribution in [0.5, 0.6) is 0 Å². The topological polar surface area (TPSA) is 72.3 Å². The molecule has 0 saturated carbocycles. The quantitative estimate of drug-likeness (QED) is 0.590. The smallest absolute Gasteiger partial charge is 0.341 e. The van der Waals surface area contributed by atoms with Gasteiger partial charge in [0.2, 0.25) is 5.95 Å². The second-order valence-corrected chi connectivity index (χ2v) is 8.29. The van der Waals surface area contributed by atoms with E-state index in [0.717, 1.165) is 45.4 Å². The molecule has 0 unspecified atom stereocenters. The van der Waals surface area contributed by atoms with Crippen LogP contribution >= 0.6 is 0 Å². The molecule has 2 aromatic heterocycles. The SMILES string of the molecule is CCc1ccc2c(c1)c(CNCC1CCN(c3ncc(C(=O)OC)cn3)CC1)cn2C. The zero-order valence-corrected chi connectivity index (χ0v) is 18.6. The van der Waals surface area contributed by atoms with Gasteiger partial charge in [0.1, 0.15) is 0 Å². The summed E-state index contributed by atoms with van der Waals surface area (Å²) in [5.41, 5.74) is 4.42. The normalized spacial score (nSPS) is 14.9. The summed E-state index contributed by atoms with van der Waals surface area (Å²) in [5, 5.41) is 5.04. The molecule has 1 aliphatic rings. The third-order valence-corrected chi connectivity index (χ3v) is 6.25. The largest absolute Gasteiger partial charge is 0.465 e. The Bertz CT molecular complexity index is 1040. The minimum Gasteiger partial charge on any atom is -0.465 e. The maximum atomic E-state index is 11.5. The summed E-state index contributed by atoms with van der Waals surface area (Å²) < 4.78 is 6.92. The molecule has 7 heteroatoms. The third kappa shape index (κ3) is 4.71. The van der Waals surface area contributed by atoms with E-state index >= 15 is 0 Å². The molecule has 164 valence electrons. The van der Waals surface area contributed by atoms with Crippen LogP contribution in [0.4, 0.5) is 5.95 Å². The molecule has 1 saturated heterocycles. The standard InChI is InChI=1S/C24H31N5O2/c1-4-17-5-6-22-21(11-17)20(16-28(22)2)13-25-12-18-7-9-29(10-8-18)24-26-14-19(15-27-24)23(30)31-3/h5-6,11,14-16,18,25H,4,7-10,12-13H2,1-3H3. The average molecular weight is 422 g/mol. The number of carbonyl (C=O) groups is 1. The van der Waals surface area contributed by atoms with E-state index in [2.05, 4.69) is 63.1 Å². The minimum atomic E-state index is -0.409. The van der Waals surface area contributed by atoms with Gasteiger partial charge < -0.3 is 19.5 Å². The number of methoxy groups -OCH3 is 1. The second-order valence-electron chi connectivity index (χ2n) is 8.29. The zero-order valence-electron chi connectivity index (χ0n) is 18.6. The Hall–Kier alpha value is -2.93. The number of aryl methyl sites for hydroxylation is 2. The van der Waals surface area contributed by atoms with E-state index in [1.807, 2.05) is 0 Å². The predicted molar refractivity (Wildman–Crippen MR) is 122 cm³/mol. The summed E-state index contributed by atoms with van der Waals surface area (Å²) >= 11 is 0. The molecule has 1 fully saturated rings. The fourth-order valence-electron chi connectivity index (χ4n) is 4.34. The van der Waals surface area contributed by atoms with Crippen LogP contribution in [-0.4, -0.2) is 47.2 Å². The lowest BCUT2D eigenvalue weighted by Gasteiger charge is -2.32. The maximum Gasteiger partial charge on any atom is 0.341 e. The summed E-state index contributed by atoms with van der Waals surface area (Å²) in [5.74, 6) is 0.918.